The van der Waals surface area contributed by atoms with Crippen LogP contribution in [0.3, 0.4) is 0 Å². The van der Waals surface area contributed by atoms with Crippen LogP contribution in [-0.4, -0.2) is 20.1 Å². The quantitative estimate of drug-likeness (QED) is 0.848. The third kappa shape index (κ3) is 3.47. The number of hydrogen-bond acceptors (Lipinski definition) is 4. The minimum absolute atomic E-state index is 0.185. The van der Waals surface area contributed by atoms with Crippen LogP contribution < -0.4 is 4.72 Å². The molecule has 0 saturated heterocycles. The monoisotopic (exact) mass is 295 g/mol. The van der Waals surface area contributed by atoms with Crippen LogP contribution >= 0.6 is 0 Å². The lowest BCUT2D eigenvalue weighted by molar-refractivity contribution is 0.281. The highest BCUT2D eigenvalue weighted by Crippen LogP contribution is 2.17. The van der Waals surface area contributed by atoms with Crippen molar-refractivity contribution >= 4 is 10.0 Å². The maximum Gasteiger partial charge on any atom is 0.240 e. The van der Waals surface area contributed by atoms with Crippen LogP contribution in [0.2, 0.25) is 0 Å². The molecule has 0 saturated carbocycles. The van der Waals surface area contributed by atoms with Crippen LogP contribution in [0.4, 0.5) is 0 Å². The highest BCUT2D eigenvalue weighted by atomic mass is 32.2. The summed E-state index contributed by atoms with van der Waals surface area (Å²) in [7, 11) is -3.58. The normalized spacial score (nSPS) is 11.7. The average molecular weight is 295 g/mol. The smallest absolute Gasteiger partial charge is 0.240 e. The summed E-state index contributed by atoms with van der Waals surface area (Å²) in [4.78, 5) is 0.198. The molecule has 0 bridgehead atoms. The van der Waals surface area contributed by atoms with Crippen LogP contribution in [0.1, 0.15) is 16.9 Å². The first-order chi connectivity index (χ1) is 9.53. The lowest BCUT2D eigenvalue weighted by atomic mass is 10.2. The molecule has 1 heterocycles. The second kappa shape index (κ2) is 6.21. The van der Waals surface area contributed by atoms with Gasteiger partial charge in [0.25, 0.3) is 0 Å². The molecule has 1 aromatic carbocycles. The number of aliphatic hydroxyl groups excluding tert-OH is 1. The molecule has 2 aromatic rings. The Morgan fingerprint density at radius 2 is 2.10 bits per heavy atom. The average Bonchev–Trinajstić information content (AvgIpc) is 2.92. The summed E-state index contributed by atoms with van der Waals surface area (Å²) in [5, 5.41) is 9.09. The van der Waals surface area contributed by atoms with Crippen molar-refractivity contribution in [3.63, 3.8) is 0 Å². The Balaban J connectivity index is 2.09. The summed E-state index contributed by atoms with van der Waals surface area (Å²) in [5.74, 6) is 0.730. The first-order valence-corrected chi connectivity index (χ1v) is 7.73. The number of aryl methyl sites for hydroxylation is 1. The maximum absolute atomic E-state index is 12.2. The third-order valence-corrected chi connectivity index (χ3v) is 4.57. The molecule has 0 amide bonds. The Labute approximate surface area is 118 Å². The standard InChI is InChI=1S/C14H17NO4S/c1-11-4-5-12(10-16)9-14(11)20(17,18)15-7-6-13-3-2-8-19-13/h2-5,8-9,15-16H,6-7,10H2,1H3. The molecule has 20 heavy (non-hydrogen) atoms. The zero-order valence-electron chi connectivity index (χ0n) is 11.2. The van der Waals surface area contributed by atoms with Crippen LogP contribution in [0.5, 0.6) is 0 Å². The molecule has 2 N–H and O–H groups in total. The fraction of sp³-hybridized carbons (Fsp3) is 0.286. The zero-order valence-corrected chi connectivity index (χ0v) is 12.0. The van der Waals surface area contributed by atoms with Crippen LogP contribution in [0.15, 0.2) is 45.9 Å². The molecule has 0 unspecified atom stereocenters. The number of furan rings is 1. The first-order valence-electron chi connectivity index (χ1n) is 6.25. The summed E-state index contributed by atoms with van der Waals surface area (Å²) < 4.78 is 32.1. The molecule has 108 valence electrons. The molecule has 0 atom stereocenters. The van der Waals surface area contributed by atoms with Gasteiger partial charge < -0.3 is 9.52 Å². The predicted octanol–water partition coefficient (Wildman–Crippen LogP) is 1.60. The third-order valence-electron chi connectivity index (χ3n) is 2.97. The SMILES string of the molecule is Cc1ccc(CO)cc1S(=O)(=O)NCCc1ccco1. The number of nitrogens with one attached hydrogen (secondary N) is 1. The predicted molar refractivity (Wildman–Crippen MR) is 74.7 cm³/mol. The van der Waals surface area contributed by atoms with Crippen molar-refractivity contribution in [1.29, 1.82) is 0 Å². The molecular weight excluding hydrogens is 278 g/mol. The molecule has 5 nitrogen and oxygen atoms in total. The first kappa shape index (κ1) is 14.8. The van der Waals surface area contributed by atoms with Gasteiger partial charge in [-0.05, 0) is 36.2 Å². The number of benzene rings is 1. The van der Waals surface area contributed by atoms with Gasteiger partial charge in [-0.1, -0.05) is 12.1 Å². The molecule has 6 heteroatoms. The van der Waals surface area contributed by atoms with Gasteiger partial charge >= 0.3 is 0 Å². The summed E-state index contributed by atoms with van der Waals surface area (Å²) in [6.07, 6.45) is 2.05. The molecular formula is C14H17NO4S. The van der Waals surface area contributed by atoms with Gasteiger partial charge in [-0.15, -0.1) is 0 Å². The van der Waals surface area contributed by atoms with E-state index in [4.69, 9.17) is 9.52 Å². The zero-order chi connectivity index (χ0) is 14.6. The molecule has 0 aliphatic carbocycles. The van der Waals surface area contributed by atoms with Crippen molar-refractivity contribution in [2.45, 2.75) is 24.8 Å². The van der Waals surface area contributed by atoms with Crippen LogP contribution in [0.25, 0.3) is 0 Å². The van der Waals surface area contributed by atoms with Gasteiger partial charge in [-0.2, -0.15) is 0 Å². The number of hydrogen-bond donors (Lipinski definition) is 2. The van der Waals surface area contributed by atoms with E-state index in [2.05, 4.69) is 4.72 Å². The van der Waals surface area contributed by atoms with Gasteiger partial charge in [0.05, 0.1) is 17.8 Å². The van der Waals surface area contributed by atoms with Gasteiger partial charge in [0, 0.05) is 13.0 Å². The van der Waals surface area contributed by atoms with Crippen molar-refractivity contribution in [2.24, 2.45) is 0 Å². The van der Waals surface area contributed by atoms with E-state index in [1.807, 2.05) is 0 Å². The molecule has 1 aromatic heterocycles. The number of aliphatic hydroxyl groups is 1. The Kier molecular flexibility index (Phi) is 4.59. The van der Waals surface area contributed by atoms with E-state index in [0.717, 1.165) is 5.76 Å². The lowest BCUT2D eigenvalue weighted by Crippen LogP contribution is -2.26. The summed E-state index contributed by atoms with van der Waals surface area (Å²) in [5.41, 5.74) is 1.22. The minimum Gasteiger partial charge on any atom is -0.469 e. The van der Waals surface area contributed by atoms with E-state index in [9.17, 15) is 8.42 Å². The topological polar surface area (TPSA) is 79.5 Å². The Bertz CT molecular complexity index is 662. The van der Waals surface area contributed by atoms with Crippen molar-refractivity contribution in [1.82, 2.24) is 4.72 Å². The second-order valence-corrected chi connectivity index (χ2v) is 6.22. The molecule has 0 radical (unpaired) electrons. The van der Waals surface area contributed by atoms with E-state index in [0.29, 0.717) is 17.5 Å². The number of rotatable bonds is 6. The molecule has 0 spiro atoms. The van der Waals surface area contributed by atoms with Crippen molar-refractivity contribution in [3.05, 3.63) is 53.5 Å². The molecule has 0 fully saturated rings. The van der Waals surface area contributed by atoms with Gasteiger partial charge in [0.15, 0.2) is 0 Å². The fourth-order valence-electron chi connectivity index (χ4n) is 1.87. The molecule has 0 aliphatic rings. The van der Waals surface area contributed by atoms with E-state index >= 15 is 0 Å². The number of sulfonamides is 1. The van der Waals surface area contributed by atoms with Crippen molar-refractivity contribution in [2.75, 3.05) is 6.54 Å². The van der Waals surface area contributed by atoms with Crippen LogP contribution in [-0.2, 0) is 23.1 Å². The van der Waals surface area contributed by atoms with E-state index in [-0.39, 0.29) is 18.0 Å². The summed E-state index contributed by atoms with van der Waals surface area (Å²) in [6, 6.07) is 8.44. The second-order valence-electron chi connectivity index (χ2n) is 4.49. The van der Waals surface area contributed by atoms with Crippen molar-refractivity contribution in [3.8, 4) is 0 Å². The highest BCUT2D eigenvalue weighted by molar-refractivity contribution is 7.89. The van der Waals surface area contributed by atoms with E-state index in [1.165, 1.54) is 6.07 Å². The van der Waals surface area contributed by atoms with E-state index in [1.54, 1.807) is 37.5 Å². The van der Waals surface area contributed by atoms with Gasteiger partial charge in [0.1, 0.15) is 5.76 Å². The Morgan fingerprint density at radius 1 is 1.30 bits per heavy atom. The maximum atomic E-state index is 12.2. The summed E-state index contributed by atoms with van der Waals surface area (Å²) in [6.45, 7) is 1.80. The summed E-state index contributed by atoms with van der Waals surface area (Å²) >= 11 is 0. The fourth-order valence-corrected chi connectivity index (χ4v) is 3.20. The van der Waals surface area contributed by atoms with Crippen LogP contribution in [0, 0.1) is 6.92 Å². The molecule has 0 aliphatic heterocycles. The molecule has 2 rings (SSSR count). The van der Waals surface area contributed by atoms with Gasteiger partial charge in [0.2, 0.25) is 10.0 Å². The Morgan fingerprint density at radius 3 is 2.75 bits per heavy atom. The largest absolute Gasteiger partial charge is 0.469 e. The van der Waals surface area contributed by atoms with Crippen molar-refractivity contribution < 1.29 is 17.9 Å². The lowest BCUT2D eigenvalue weighted by Gasteiger charge is -2.10. The van der Waals surface area contributed by atoms with Gasteiger partial charge in [-0.25, -0.2) is 13.1 Å². The Hall–Kier alpha value is -1.63. The highest BCUT2D eigenvalue weighted by Gasteiger charge is 2.16. The minimum atomic E-state index is -3.58. The van der Waals surface area contributed by atoms with Gasteiger partial charge in [-0.3, -0.25) is 0 Å². The van der Waals surface area contributed by atoms with E-state index < -0.39 is 10.0 Å².